The van der Waals surface area contributed by atoms with Crippen LogP contribution in [0, 0.1) is 0 Å². The van der Waals surface area contributed by atoms with Gasteiger partial charge in [0.05, 0.1) is 24.2 Å². The number of anilines is 1. The summed E-state index contributed by atoms with van der Waals surface area (Å²) in [6.45, 7) is 1.41. The molecule has 0 radical (unpaired) electrons. The summed E-state index contributed by atoms with van der Waals surface area (Å²) in [7, 11) is 0. The molecule has 2 aromatic carbocycles. The summed E-state index contributed by atoms with van der Waals surface area (Å²) in [5, 5.41) is 0. The molecule has 3 aromatic rings. The van der Waals surface area contributed by atoms with E-state index in [0.717, 1.165) is 39.8 Å². The van der Waals surface area contributed by atoms with Crippen molar-refractivity contribution in [1.29, 1.82) is 0 Å². The highest BCUT2D eigenvalue weighted by Gasteiger charge is 2.19. The number of nitrogens with two attached hydrogens (primary N) is 1. The molecule has 0 saturated heterocycles. The number of nitrogen functional groups attached to an aromatic ring is 1. The van der Waals surface area contributed by atoms with Crippen molar-refractivity contribution in [3.63, 3.8) is 0 Å². The van der Waals surface area contributed by atoms with E-state index in [9.17, 15) is 0 Å². The maximum atomic E-state index is 6.08. The fraction of sp³-hybridized carbons (Fsp3) is 0.188. The van der Waals surface area contributed by atoms with Gasteiger partial charge in [-0.3, -0.25) is 0 Å². The van der Waals surface area contributed by atoms with Gasteiger partial charge in [-0.1, -0.05) is 28.1 Å². The van der Waals surface area contributed by atoms with E-state index in [1.165, 1.54) is 5.56 Å². The van der Waals surface area contributed by atoms with Crippen LogP contribution < -0.4 is 10.5 Å². The Kier molecular flexibility index (Phi) is 2.89. The van der Waals surface area contributed by atoms with Crippen LogP contribution in [0.3, 0.4) is 0 Å². The second-order valence-electron chi connectivity index (χ2n) is 5.20. The van der Waals surface area contributed by atoms with Crippen LogP contribution in [0.4, 0.5) is 5.95 Å². The molecule has 0 unspecified atom stereocenters. The molecule has 1 aliphatic heterocycles. The van der Waals surface area contributed by atoms with Crippen LogP contribution in [-0.4, -0.2) is 16.2 Å². The van der Waals surface area contributed by atoms with Gasteiger partial charge in [-0.05, 0) is 29.8 Å². The first-order chi connectivity index (χ1) is 10.2. The Morgan fingerprint density at radius 3 is 3.05 bits per heavy atom. The molecule has 2 N–H and O–H groups in total. The summed E-state index contributed by atoms with van der Waals surface area (Å²) in [5.41, 5.74) is 10.4. The summed E-state index contributed by atoms with van der Waals surface area (Å²) in [6.07, 6.45) is 0.960. The highest BCUT2D eigenvalue weighted by Crippen LogP contribution is 2.34. The number of benzene rings is 2. The molecule has 1 aromatic heterocycles. The van der Waals surface area contributed by atoms with Gasteiger partial charge in [0.2, 0.25) is 5.95 Å². The molecule has 0 atom stereocenters. The molecule has 0 aliphatic carbocycles. The Balaban J connectivity index is 1.84. The standard InChI is InChI=1S/C16H14BrN3O/c17-12-7-10-5-6-21-15(10)11(8-12)9-20-14-4-2-1-3-13(14)19-16(20)18/h1-4,7-8H,5-6,9H2,(H2,18,19). The molecule has 0 amide bonds. The molecule has 0 fully saturated rings. The van der Waals surface area contributed by atoms with Crippen molar-refractivity contribution in [3.05, 3.63) is 52.0 Å². The van der Waals surface area contributed by atoms with Gasteiger partial charge in [-0.15, -0.1) is 0 Å². The van der Waals surface area contributed by atoms with E-state index in [2.05, 4.69) is 33.0 Å². The van der Waals surface area contributed by atoms with Crippen LogP contribution in [0.1, 0.15) is 11.1 Å². The molecular formula is C16H14BrN3O. The minimum Gasteiger partial charge on any atom is -0.493 e. The fourth-order valence-corrected chi connectivity index (χ4v) is 3.45. The first-order valence-electron chi connectivity index (χ1n) is 6.87. The number of fused-ring (bicyclic) bond motifs is 2. The van der Waals surface area contributed by atoms with Crippen molar-refractivity contribution in [2.24, 2.45) is 0 Å². The highest BCUT2D eigenvalue weighted by atomic mass is 79.9. The fourth-order valence-electron chi connectivity index (χ4n) is 2.89. The lowest BCUT2D eigenvalue weighted by Gasteiger charge is -2.11. The van der Waals surface area contributed by atoms with Crippen molar-refractivity contribution >= 4 is 32.9 Å². The molecule has 2 heterocycles. The Morgan fingerprint density at radius 2 is 2.14 bits per heavy atom. The van der Waals surface area contributed by atoms with E-state index in [4.69, 9.17) is 10.5 Å². The van der Waals surface area contributed by atoms with Gasteiger partial charge in [-0.2, -0.15) is 0 Å². The normalized spacial score (nSPS) is 13.4. The van der Waals surface area contributed by atoms with Crippen molar-refractivity contribution < 1.29 is 4.74 Å². The molecule has 4 nitrogen and oxygen atoms in total. The van der Waals surface area contributed by atoms with Crippen molar-refractivity contribution in [3.8, 4) is 5.75 Å². The van der Waals surface area contributed by atoms with Crippen molar-refractivity contribution in [2.45, 2.75) is 13.0 Å². The number of hydrogen-bond donors (Lipinski definition) is 1. The van der Waals surface area contributed by atoms with E-state index in [-0.39, 0.29) is 0 Å². The lowest BCUT2D eigenvalue weighted by Crippen LogP contribution is -2.06. The highest BCUT2D eigenvalue weighted by molar-refractivity contribution is 9.10. The lowest BCUT2D eigenvalue weighted by atomic mass is 10.1. The van der Waals surface area contributed by atoms with Gasteiger partial charge in [-0.25, -0.2) is 4.98 Å². The number of aromatic nitrogens is 2. The zero-order valence-corrected chi connectivity index (χ0v) is 12.9. The molecule has 5 heteroatoms. The minimum atomic E-state index is 0.530. The molecule has 0 saturated carbocycles. The van der Waals surface area contributed by atoms with Gasteiger partial charge in [0, 0.05) is 16.5 Å². The summed E-state index contributed by atoms with van der Waals surface area (Å²) in [5.74, 6) is 1.53. The third-order valence-electron chi connectivity index (χ3n) is 3.84. The Bertz CT molecular complexity index is 841. The van der Waals surface area contributed by atoms with Crippen LogP contribution in [0.5, 0.6) is 5.75 Å². The Labute approximate surface area is 130 Å². The van der Waals surface area contributed by atoms with E-state index >= 15 is 0 Å². The quantitative estimate of drug-likeness (QED) is 0.776. The minimum absolute atomic E-state index is 0.530. The van der Waals surface area contributed by atoms with Crippen molar-refractivity contribution in [2.75, 3.05) is 12.3 Å². The first-order valence-corrected chi connectivity index (χ1v) is 7.66. The largest absolute Gasteiger partial charge is 0.493 e. The molecule has 21 heavy (non-hydrogen) atoms. The average Bonchev–Trinajstić information content (AvgIpc) is 3.04. The second kappa shape index (κ2) is 4.77. The van der Waals surface area contributed by atoms with Crippen LogP contribution in [0.25, 0.3) is 11.0 Å². The summed E-state index contributed by atoms with van der Waals surface area (Å²) in [4.78, 5) is 4.41. The third kappa shape index (κ3) is 2.08. The molecular weight excluding hydrogens is 330 g/mol. The molecule has 1 aliphatic rings. The maximum absolute atomic E-state index is 6.08. The molecule has 4 rings (SSSR count). The molecule has 0 bridgehead atoms. The van der Waals surface area contributed by atoms with Gasteiger partial charge in [0.25, 0.3) is 0 Å². The zero-order valence-electron chi connectivity index (χ0n) is 11.3. The van der Waals surface area contributed by atoms with Crippen LogP contribution in [0.15, 0.2) is 40.9 Å². The first kappa shape index (κ1) is 12.7. The van der Waals surface area contributed by atoms with Gasteiger partial charge >= 0.3 is 0 Å². The van der Waals surface area contributed by atoms with Crippen LogP contribution in [0.2, 0.25) is 0 Å². The van der Waals surface area contributed by atoms with Gasteiger partial charge < -0.3 is 15.0 Å². The van der Waals surface area contributed by atoms with E-state index in [0.29, 0.717) is 12.5 Å². The number of nitrogens with zero attached hydrogens (tertiary/aromatic N) is 2. The lowest BCUT2D eigenvalue weighted by molar-refractivity contribution is 0.353. The smallest absolute Gasteiger partial charge is 0.201 e. The number of rotatable bonds is 2. The zero-order chi connectivity index (χ0) is 14.4. The van der Waals surface area contributed by atoms with E-state index in [1.807, 2.05) is 28.8 Å². The number of imidazole rings is 1. The van der Waals surface area contributed by atoms with Crippen LogP contribution in [-0.2, 0) is 13.0 Å². The number of ether oxygens (including phenoxy) is 1. The van der Waals surface area contributed by atoms with Crippen molar-refractivity contribution in [1.82, 2.24) is 9.55 Å². The summed E-state index contributed by atoms with van der Waals surface area (Å²) in [6, 6.07) is 12.2. The number of para-hydroxylation sites is 2. The van der Waals surface area contributed by atoms with Crippen LogP contribution >= 0.6 is 15.9 Å². The Morgan fingerprint density at radius 1 is 1.29 bits per heavy atom. The second-order valence-corrected chi connectivity index (χ2v) is 6.11. The third-order valence-corrected chi connectivity index (χ3v) is 4.30. The number of halogens is 1. The van der Waals surface area contributed by atoms with Gasteiger partial charge in [0.1, 0.15) is 5.75 Å². The molecule has 0 spiro atoms. The predicted octanol–water partition coefficient (Wildman–Crippen LogP) is 3.36. The summed E-state index contributed by atoms with van der Waals surface area (Å²) < 4.78 is 8.89. The SMILES string of the molecule is Nc1nc2ccccc2n1Cc1cc(Br)cc2c1OCC2. The number of hydrogen-bond acceptors (Lipinski definition) is 3. The van der Waals surface area contributed by atoms with E-state index in [1.54, 1.807) is 0 Å². The topological polar surface area (TPSA) is 53.1 Å². The van der Waals surface area contributed by atoms with E-state index < -0.39 is 0 Å². The van der Waals surface area contributed by atoms with Gasteiger partial charge in [0.15, 0.2) is 0 Å². The maximum Gasteiger partial charge on any atom is 0.201 e. The summed E-state index contributed by atoms with van der Waals surface area (Å²) >= 11 is 3.58. The Hall–Kier alpha value is -2.01. The average molecular weight is 344 g/mol. The predicted molar refractivity (Wildman–Crippen MR) is 86.6 cm³/mol. The monoisotopic (exact) mass is 343 g/mol. The molecule has 106 valence electrons.